The van der Waals surface area contributed by atoms with Gasteiger partial charge in [-0.05, 0) is 36.5 Å². The van der Waals surface area contributed by atoms with E-state index in [1.54, 1.807) is 0 Å². The minimum Gasteiger partial charge on any atom is -0.321 e. The third-order valence-electron chi connectivity index (χ3n) is 4.35. The Bertz CT molecular complexity index is 419. The van der Waals surface area contributed by atoms with Crippen LogP contribution in [-0.2, 0) is 5.54 Å². The molecule has 1 fully saturated rings. The average Bonchev–Trinajstić information content (AvgIpc) is 2.29. The molecule has 1 aromatic rings. The summed E-state index contributed by atoms with van der Waals surface area (Å²) in [5.74, 6) is -0.213. The molecule has 0 amide bonds. The first kappa shape index (κ1) is 12.5. The van der Waals surface area contributed by atoms with Gasteiger partial charge in [0, 0.05) is 11.1 Å². The molecule has 0 aromatic heterocycles. The summed E-state index contributed by atoms with van der Waals surface area (Å²) in [4.78, 5) is 0. The number of hydrogen-bond acceptors (Lipinski definition) is 1. The Kier molecular flexibility index (Phi) is 3.21. The van der Waals surface area contributed by atoms with Gasteiger partial charge in [0.1, 0.15) is 11.6 Å². The largest absolute Gasteiger partial charge is 0.321 e. The fourth-order valence-electron chi connectivity index (χ4n) is 2.94. The Labute approximate surface area is 101 Å². The summed E-state index contributed by atoms with van der Waals surface area (Å²) in [6, 6.07) is 3.56. The third kappa shape index (κ3) is 2.08. The molecule has 1 saturated carbocycles. The van der Waals surface area contributed by atoms with Gasteiger partial charge in [0.05, 0.1) is 0 Å². The van der Waals surface area contributed by atoms with Crippen LogP contribution in [0.5, 0.6) is 0 Å². The monoisotopic (exact) mass is 239 g/mol. The Hall–Kier alpha value is -0.960. The van der Waals surface area contributed by atoms with Crippen LogP contribution in [0.1, 0.15) is 38.7 Å². The molecule has 1 aliphatic carbocycles. The second-order valence-electron chi connectivity index (χ2n) is 5.32. The van der Waals surface area contributed by atoms with Gasteiger partial charge in [-0.25, -0.2) is 8.78 Å². The number of rotatable bonds is 1. The van der Waals surface area contributed by atoms with Crippen LogP contribution in [0.15, 0.2) is 18.2 Å². The van der Waals surface area contributed by atoms with Gasteiger partial charge in [0.25, 0.3) is 0 Å². The van der Waals surface area contributed by atoms with Crippen LogP contribution >= 0.6 is 0 Å². The molecule has 0 saturated heterocycles. The predicted molar refractivity (Wildman–Crippen MR) is 64.4 cm³/mol. The SMILES string of the molecule is CC1CCCC(N)(c2cc(F)ccc2F)C1C. The Morgan fingerprint density at radius 1 is 1.29 bits per heavy atom. The Balaban J connectivity index is 2.46. The van der Waals surface area contributed by atoms with E-state index in [9.17, 15) is 8.78 Å². The third-order valence-corrected chi connectivity index (χ3v) is 4.35. The van der Waals surface area contributed by atoms with Crippen molar-refractivity contribution in [1.29, 1.82) is 0 Å². The minimum atomic E-state index is -0.732. The summed E-state index contributed by atoms with van der Waals surface area (Å²) in [6.45, 7) is 4.16. The first-order chi connectivity index (χ1) is 7.95. The van der Waals surface area contributed by atoms with Gasteiger partial charge in [-0.2, -0.15) is 0 Å². The van der Waals surface area contributed by atoms with Crippen LogP contribution < -0.4 is 5.73 Å². The quantitative estimate of drug-likeness (QED) is 0.796. The van der Waals surface area contributed by atoms with E-state index in [0.717, 1.165) is 25.3 Å². The maximum Gasteiger partial charge on any atom is 0.128 e. The van der Waals surface area contributed by atoms with Crippen molar-refractivity contribution in [3.8, 4) is 0 Å². The van der Waals surface area contributed by atoms with E-state index < -0.39 is 17.2 Å². The molecule has 3 atom stereocenters. The van der Waals surface area contributed by atoms with E-state index >= 15 is 0 Å². The highest BCUT2D eigenvalue weighted by Crippen LogP contribution is 2.43. The van der Waals surface area contributed by atoms with Crippen LogP contribution in [0.4, 0.5) is 8.78 Å². The number of nitrogens with two attached hydrogens (primary N) is 1. The lowest BCUT2D eigenvalue weighted by Gasteiger charge is -2.43. The van der Waals surface area contributed by atoms with E-state index in [4.69, 9.17) is 5.73 Å². The standard InChI is InChI=1S/C14H19F2N/c1-9-4-3-7-14(17,10(9)2)12-8-11(15)5-6-13(12)16/h5-6,8-10H,3-4,7,17H2,1-2H3. The van der Waals surface area contributed by atoms with Gasteiger partial charge in [-0.15, -0.1) is 0 Å². The summed E-state index contributed by atoms with van der Waals surface area (Å²) in [5, 5.41) is 0. The minimum absolute atomic E-state index is 0.160. The zero-order valence-corrected chi connectivity index (χ0v) is 10.3. The molecule has 1 aromatic carbocycles. The molecule has 94 valence electrons. The summed E-state index contributed by atoms with van der Waals surface area (Å²) < 4.78 is 27.1. The highest BCUT2D eigenvalue weighted by Gasteiger charge is 2.41. The van der Waals surface area contributed by atoms with Gasteiger partial charge in [0.2, 0.25) is 0 Å². The molecular weight excluding hydrogens is 220 g/mol. The van der Waals surface area contributed by atoms with Crippen molar-refractivity contribution < 1.29 is 8.78 Å². The summed E-state index contributed by atoms with van der Waals surface area (Å²) in [7, 11) is 0. The average molecular weight is 239 g/mol. The second kappa shape index (κ2) is 4.37. The molecule has 3 heteroatoms. The molecule has 2 N–H and O–H groups in total. The fourth-order valence-corrected chi connectivity index (χ4v) is 2.94. The summed E-state index contributed by atoms with van der Waals surface area (Å²) >= 11 is 0. The van der Waals surface area contributed by atoms with Crippen molar-refractivity contribution in [2.45, 2.75) is 38.6 Å². The molecule has 0 spiro atoms. The molecule has 1 aliphatic rings. The molecule has 3 unspecified atom stereocenters. The zero-order chi connectivity index (χ0) is 12.6. The van der Waals surface area contributed by atoms with Gasteiger partial charge in [0.15, 0.2) is 0 Å². The van der Waals surface area contributed by atoms with Crippen molar-refractivity contribution in [1.82, 2.24) is 0 Å². The molecule has 0 radical (unpaired) electrons. The lowest BCUT2D eigenvalue weighted by Crippen LogP contribution is -2.48. The summed E-state index contributed by atoms with van der Waals surface area (Å²) in [6.07, 6.45) is 2.80. The first-order valence-corrected chi connectivity index (χ1v) is 6.19. The van der Waals surface area contributed by atoms with E-state index in [1.807, 2.05) is 6.92 Å². The number of hydrogen-bond donors (Lipinski definition) is 1. The molecule has 2 rings (SSSR count). The van der Waals surface area contributed by atoms with Crippen molar-refractivity contribution in [3.05, 3.63) is 35.4 Å². The topological polar surface area (TPSA) is 26.0 Å². The zero-order valence-electron chi connectivity index (χ0n) is 10.3. The van der Waals surface area contributed by atoms with Gasteiger partial charge in [-0.3, -0.25) is 0 Å². The van der Waals surface area contributed by atoms with Crippen molar-refractivity contribution in [3.63, 3.8) is 0 Å². The highest BCUT2D eigenvalue weighted by molar-refractivity contribution is 5.28. The van der Waals surface area contributed by atoms with Crippen molar-refractivity contribution >= 4 is 0 Å². The van der Waals surface area contributed by atoms with E-state index in [-0.39, 0.29) is 5.92 Å². The molecule has 17 heavy (non-hydrogen) atoms. The maximum absolute atomic E-state index is 13.9. The second-order valence-corrected chi connectivity index (χ2v) is 5.32. The molecule has 0 heterocycles. The van der Waals surface area contributed by atoms with Gasteiger partial charge >= 0.3 is 0 Å². The molecule has 1 nitrogen and oxygen atoms in total. The van der Waals surface area contributed by atoms with E-state index in [0.29, 0.717) is 11.5 Å². The Morgan fingerprint density at radius 3 is 2.71 bits per heavy atom. The fraction of sp³-hybridized carbons (Fsp3) is 0.571. The van der Waals surface area contributed by atoms with Crippen molar-refractivity contribution in [2.24, 2.45) is 17.6 Å². The highest BCUT2D eigenvalue weighted by atomic mass is 19.1. The lowest BCUT2D eigenvalue weighted by atomic mass is 9.66. The van der Waals surface area contributed by atoms with Crippen LogP contribution in [0, 0.1) is 23.5 Å². The first-order valence-electron chi connectivity index (χ1n) is 6.19. The van der Waals surface area contributed by atoms with E-state index in [2.05, 4.69) is 6.92 Å². The predicted octanol–water partition coefficient (Wildman–Crippen LogP) is 3.57. The number of benzene rings is 1. The lowest BCUT2D eigenvalue weighted by molar-refractivity contribution is 0.139. The van der Waals surface area contributed by atoms with Crippen LogP contribution in [0.3, 0.4) is 0 Å². The molecular formula is C14H19F2N. The van der Waals surface area contributed by atoms with Gasteiger partial charge in [-0.1, -0.05) is 26.7 Å². The number of halogens is 2. The molecule has 0 aliphatic heterocycles. The maximum atomic E-state index is 13.9. The van der Waals surface area contributed by atoms with Crippen LogP contribution in [0.25, 0.3) is 0 Å². The summed E-state index contributed by atoms with van der Waals surface area (Å²) in [5.41, 5.74) is 5.98. The normalized spacial score (nSPS) is 33.7. The smallest absolute Gasteiger partial charge is 0.128 e. The van der Waals surface area contributed by atoms with Gasteiger partial charge < -0.3 is 5.73 Å². The van der Waals surface area contributed by atoms with Crippen LogP contribution in [-0.4, -0.2) is 0 Å². The van der Waals surface area contributed by atoms with Crippen LogP contribution in [0.2, 0.25) is 0 Å². The van der Waals surface area contributed by atoms with E-state index in [1.165, 1.54) is 12.1 Å². The van der Waals surface area contributed by atoms with Crippen molar-refractivity contribution in [2.75, 3.05) is 0 Å². The molecule has 0 bridgehead atoms. The Morgan fingerprint density at radius 2 is 2.00 bits per heavy atom.